The van der Waals surface area contributed by atoms with Gasteiger partial charge in [0.15, 0.2) is 0 Å². The van der Waals surface area contributed by atoms with Crippen molar-refractivity contribution in [3.05, 3.63) is 48.3 Å². The Bertz CT molecular complexity index is 661. The first kappa shape index (κ1) is 17.1. The van der Waals surface area contributed by atoms with E-state index >= 15 is 0 Å². The molecule has 0 aliphatic carbocycles. The van der Waals surface area contributed by atoms with Crippen LogP contribution >= 0.6 is 11.8 Å². The first-order chi connectivity index (χ1) is 11.1. The first-order valence-electron chi connectivity index (χ1n) is 7.02. The number of hydrogen-bond acceptors (Lipinski definition) is 4. The fourth-order valence-electron chi connectivity index (χ4n) is 1.92. The monoisotopic (exact) mass is 335 g/mol. The van der Waals surface area contributed by atoms with Crippen LogP contribution in [-0.2, 0) is 4.79 Å². The van der Waals surface area contributed by atoms with E-state index in [2.05, 4.69) is 5.32 Å². The number of thioether (sulfide) groups is 1. The summed E-state index contributed by atoms with van der Waals surface area (Å²) in [6, 6.07) is 11.4. The number of nitrogens with one attached hydrogen (secondary N) is 1. The van der Waals surface area contributed by atoms with Crippen LogP contribution in [0, 0.1) is 5.82 Å². The van der Waals surface area contributed by atoms with Crippen LogP contribution in [0.5, 0.6) is 11.5 Å². The van der Waals surface area contributed by atoms with Crippen LogP contribution < -0.4 is 14.8 Å². The van der Waals surface area contributed by atoms with E-state index in [1.54, 1.807) is 44.6 Å². The van der Waals surface area contributed by atoms with Crippen molar-refractivity contribution in [2.75, 3.05) is 25.3 Å². The molecule has 0 aliphatic heterocycles. The van der Waals surface area contributed by atoms with Crippen molar-refractivity contribution in [1.82, 2.24) is 0 Å². The molecule has 0 bridgehead atoms. The third-order valence-corrected chi connectivity index (χ3v) is 4.11. The largest absolute Gasteiger partial charge is 0.497 e. The van der Waals surface area contributed by atoms with Gasteiger partial charge in [0, 0.05) is 23.1 Å². The second-order valence-electron chi connectivity index (χ2n) is 4.67. The minimum absolute atomic E-state index is 0.119. The van der Waals surface area contributed by atoms with E-state index in [1.165, 1.54) is 23.9 Å². The number of carbonyl (C=O) groups is 1. The fourth-order valence-corrected chi connectivity index (χ4v) is 2.77. The number of carbonyl (C=O) groups excluding carboxylic acids is 1. The Hall–Kier alpha value is -2.21. The van der Waals surface area contributed by atoms with E-state index in [-0.39, 0.29) is 11.7 Å². The molecule has 4 nitrogen and oxygen atoms in total. The van der Waals surface area contributed by atoms with E-state index in [0.717, 1.165) is 4.90 Å². The first-order valence-corrected chi connectivity index (χ1v) is 8.01. The third kappa shape index (κ3) is 5.17. The lowest BCUT2D eigenvalue weighted by Gasteiger charge is -2.11. The molecule has 0 spiro atoms. The van der Waals surface area contributed by atoms with Gasteiger partial charge >= 0.3 is 0 Å². The molecule has 2 aromatic carbocycles. The summed E-state index contributed by atoms with van der Waals surface area (Å²) in [7, 11) is 3.11. The highest BCUT2D eigenvalue weighted by Gasteiger charge is 2.09. The molecular formula is C17H18FNO3S. The van der Waals surface area contributed by atoms with Gasteiger partial charge < -0.3 is 14.8 Å². The van der Waals surface area contributed by atoms with E-state index in [1.807, 2.05) is 0 Å². The molecule has 0 saturated heterocycles. The van der Waals surface area contributed by atoms with Crippen LogP contribution in [-0.4, -0.2) is 25.9 Å². The normalized spacial score (nSPS) is 10.2. The van der Waals surface area contributed by atoms with Crippen molar-refractivity contribution in [3.8, 4) is 11.5 Å². The zero-order chi connectivity index (χ0) is 16.7. The molecule has 0 atom stereocenters. The summed E-state index contributed by atoms with van der Waals surface area (Å²) >= 11 is 1.50. The second kappa shape index (κ2) is 8.43. The molecule has 6 heteroatoms. The Balaban J connectivity index is 1.88. The van der Waals surface area contributed by atoms with E-state index < -0.39 is 0 Å². The molecule has 0 heterocycles. The quantitative estimate of drug-likeness (QED) is 0.778. The summed E-state index contributed by atoms with van der Waals surface area (Å²) in [6.45, 7) is 0. The van der Waals surface area contributed by atoms with Crippen molar-refractivity contribution in [2.45, 2.75) is 11.3 Å². The molecular weight excluding hydrogens is 317 g/mol. The van der Waals surface area contributed by atoms with Gasteiger partial charge in [-0.05, 0) is 36.4 Å². The Morgan fingerprint density at radius 3 is 2.52 bits per heavy atom. The van der Waals surface area contributed by atoms with E-state index in [9.17, 15) is 9.18 Å². The van der Waals surface area contributed by atoms with Crippen LogP contribution in [0.1, 0.15) is 6.42 Å². The van der Waals surface area contributed by atoms with Crippen LogP contribution in [0.2, 0.25) is 0 Å². The van der Waals surface area contributed by atoms with Crippen LogP contribution in [0.4, 0.5) is 10.1 Å². The average Bonchev–Trinajstić information content (AvgIpc) is 2.56. The van der Waals surface area contributed by atoms with Crippen molar-refractivity contribution >= 4 is 23.4 Å². The minimum Gasteiger partial charge on any atom is -0.497 e. The SMILES string of the molecule is COc1ccc(OC)c(NC(=O)CCSc2ccc(F)cc2)c1. The Kier molecular flexibility index (Phi) is 6.29. The van der Waals surface area contributed by atoms with Gasteiger partial charge in [0.1, 0.15) is 17.3 Å². The standard InChI is InChI=1S/C17H18FNO3S/c1-21-13-5-8-16(22-2)15(11-13)19-17(20)9-10-23-14-6-3-12(18)4-7-14/h3-8,11H,9-10H2,1-2H3,(H,19,20). The van der Waals surface area contributed by atoms with E-state index in [4.69, 9.17) is 9.47 Å². The van der Waals surface area contributed by atoms with Gasteiger partial charge in [0.2, 0.25) is 5.91 Å². The maximum absolute atomic E-state index is 12.8. The molecule has 0 unspecified atom stereocenters. The molecule has 1 N–H and O–H groups in total. The lowest BCUT2D eigenvalue weighted by Crippen LogP contribution is -2.13. The lowest BCUT2D eigenvalue weighted by atomic mass is 10.2. The van der Waals surface area contributed by atoms with Gasteiger partial charge in [-0.25, -0.2) is 4.39 Å². The number of rotatable bonds is 7. The van der Waals surface area contributed by atoms with Gasteiger partial charge in [-0.2, -0.15) is 0 Å². The molecule has 23 heavy (non-hydrogen) atoms. The smallest absolute Gasteiger partial charge is 0.225 e. The summed E-state index contributed by atoms with van der Waals surface area (Å²) in [5.41, 5.74) is 0.573. The minimum atomic E-state index is -0.266. The highest BCUT2D eigenvalue weighted by Crippen LogP contribution is 2.29. The zero-order valence-corrected chi connectivity index (χ0v) is 13.8. The van der Waals surface area contributed by atoms with Crippen molar-refractivity contribution < 1.29 is 18.7 Å². The zero-order valence-electron chi connectivity index (χ0n) is 13.0. The highest BCUT2D eigenvalue weighted by atomic mass is 32.2. The summed E-state index contributed by atoms with van der Waals surface area (Å²) in [5, 5.41) is 2.81. The summed E-state index contributed by atoms with van der Waals surface area (Å²) in [5.74, 6) is 1.43. The van der Waals surface area contributed by atoms with Crippen molar-refractivity contribution in [2.24, 2.45) is 0 Å². The topological polar surface area (TPSA) is 47.6 Å². The number of methoxy groups -OCH3 is 2. The summed E-state index contributed by atoms with van der Waals surface area (Å²) in [6.07, 6.45) is 0.336. The maximum Gasteiger partial charge on any atom is 0.225 e. The molecule has 0 aromatic heterocycles. The predicted molar refractivity (Wildman–Crippen MR) is 89.9 cm³/mol. The predicted octanol–water partition coefficient (Wildman–Crippen LogP) is 3.96. The molecule has 2 aromatic rings. The average molecular weight is 335 g/mol. The number of amides is 1. The Morgan fingerprint density at radius 2 is 1.87 bits per heavy atom. The second-order valence-corrected chi connectivity index (χ2v) is 5.84. The van der Waals surface area contributed by atoms with Gasteiger partial charge in [0.25, 0.3) is 0 Å². The van der Waals surface area contributed by atoms with Crippen LogP contribution in [0.25, 0.3) is 0 Å². The summed E-state index contributed by atoms with van der Waals surface area (Å²) in [4.78, 5) is 13.0. The number of hydrogen-bond donors (Lipinski definition) is 1. The van der Waals surface area contributed by atoms with Crippen molar-refractivity contribution in [3.63, 3.8) is 0 Å². The molecule has 0 aliphatic rings. The molecule has 0 radical (unpaired) electrons. The fraction of sp³-hybridized carbons (Fsp3) is 0.235. The molecule has 1 amide bonds. The molecule has 0 saturated carbocycles. The Labute approximate surface area is 139 Å². The summed E-state index contributed by atoms with van der Waals surface area (Å²) < 4.78 is 23.2. The van der Waals surface area contributed by atoms with Gasteiger partial charge in [-0.1, -0.05) is 0 Å². The van der Waals surface area contributed by atoms with E-state index in [0.29, 0.717) is 29.4 Å². The molecule has 2 rings (SSSR count). The van der Waals surface area contributed by atoms with Gasteiger partial charge in [-0.3, -0.25) is 4.79 Å². The molecule has 122 valence electrons. The molecule has 0 fully saturated rings. The van der Waals surface area contributed by atoms with Crippen LogP contribution in [0.3, 0.4) is 0 Å². The number of ether oxygens (including phenoxy) is 2. The highest BCUT2D eigenvalue weighted by molar-refractivity contribution is 7.99. The third-order valence-electron chi connectivity index (χ3n) is 3.09. The van der Waals surface area contributed by atoms with Crippen molar-refractivity contribution in [1.29, 1.82) is 0 Å². The van der Waals surface area contributed by atoms with Crippen LogP contribution in [0.15, 0.2) is 47.4 Å². The Morgan fingerprint density at radius 1 is 1.13 bits per heavy atom. The number of halogens is 1. The lowest BCUT2D eigenvalue weighted by molar-refractivity contribution is -0.115. The maximum atomic E-state index is 12.8. The number of benzene rings is 2. The number of anilines is 1. The van der Waals surface area contributed by atoms with Gasteiger partial charge in [0.05, 0.1) is 19.9 Å². The van der Waals surface area contributed by atoms with Gasteiger partial charge in [-0.15, -0.1) is 11.8 Å².